The second-order valence-corrected chi connectivity index (χ2v) is 20.1. The molecule has 13 nitrogen and oxygen atoms in total. The van der Waals surface area contributed by atoms with Gasteiger partial charge in [0.05, 0.1) is 38.0 Å². The van der Waals surface area contributed by atoms with Crippen LogP contribution in [0, 0.1) is 0 Å². The number of aryl methyl sites for hydroxylation is 2. The summed E-state index contributed by atoms with van der Waals surface area (Å²) in [6.45, 7) is 4.03. The van der Waals surface area contributed by atoms with Crippen molar-refractivity contribution in [1.29, 1.82) is 0 Å². The molecule has 0 amide bonds. The summed E-state index contributed by atoms with van der Waals surface area (Å²) in [5.41, 5.74) is 1.94. The summed E-state index contributed by atoms with van der Waals surface area (Å²) in [6, 6.07) is 26.6. The fourth-order valence-electron chi connectivity index (χ4n) is 6.97. The third-order valence-electron chi connectivity index (χ3n) is 10.1. The van der Waals surface area contributed by atoms with Gasteiger partial charge in [-0.05, 0) is 105 Å². The van der Waals surface area contributed by atoms with Gasteiger partial charge in [-0.25, -0.2) is 16.8 Å². The molecule has 4 heterocycles. The number of hydrogen-bond acceptors (Lipinski definition) is 13. The van der Waals surface area contributed by atoms with Gasteiger partial charge in [0.25, 0.3) is 10.1 Å². The zero-order valence-electron chi connectivity index (χ0n) is 31.8. The molecule has 57 heavy (non-hydrogen) atoms. The predicted molar refractivity (Wildman–Crippen MR) is 213 cm³/mol. The largest absolute Gasteiger partial charge is 0.489 e. The molecule has 3 N–H and O–H groups in total. The summed E-state index contributed by atoms with van der Waals surface area (Å²) in [7, 11) is -10.7. The maximum atomic E-state index is 12.8. The normalized spacial score (nSPS) is 22.0. The van der Waals surface area contributed by atoms with E-state index in [0.29, 0.717) is 35.8 Å². The molecule has 4 aliphatic rings. The van der Waals surface area contributed by atoms with E-state index in [1.807, 2.05) is 6.07 Å². The van der Waals surface area contributed by atoms with Crippen molar-refractivity contribution in [2.75, 3.05) is 45.6 Å². The van der Waals surface area contributed by atoms with Gasteiger partial charge in [0.1, 0.15) is 30.3 Å². The van der Waals surface area contributed by atoms with Crippen LogP contribution in [0.2, 0.25) is 0 Å². The molecule has 4 atom stereocenters. The van der Waals surface area contributed by atoms with E-state index < -0.39 is 35.9 Å². The van der Waals surface area contributed by atoms with Crippen molar-refractivity contribution in [3.8, 4) is 11.5 Å². The van der Waals surface area contributed by atoms with Crippen molar-refractivity contribution in [2.24, 2.45) is 0 Å². The van der Waals surface area contributed by atoms with Crippen LogP contribution in [0.4, 0.5) is 0 Å². The van der Waals surface area contributed by atoms with E-state index in [9.17, 15) is 30.4 Å². The molecule has 0 aromatic heterocycles. The highest BCUT2D eigenvalue weighted by molar-refractivity contribution is 7.91. The van der Waals surface area contributed by atoms with Gasteiger partial charge in [-0.3, -0.25) is 9.08 Å². The molecule has 0 unspecified atom stereocenters. The smallest absolute Gasteiger partial charge is 0.264 e. The van der Waals surface area contributed by atoms with Crippen LogP contribution >= 0.6 is 0 Å². The molecule has 2 fully saturated rings. The van der Waals surface area contributed by atoms with E-state index >= 15 is 0 Å². The zero-order chi connectivity index (χ0) is 40.6. The Morgan fingerprint density at radius 2 is 1.19 bits per heavy atom. The second kappa shape index (κ2) is 18.8. The topological polar surface area (TPSA) is 186 Å². The van der Waals surface area contributed by atoms with Crippen molar-refractivity contribution < 1.29 is 49.1 Å². The Hall–Kier alpha value is -3.87. The Balaban J connectivity index is 0.000000168. The summed E-state index contributed by atoms with van der Waals surface area (Å²) in [5, 5.41) is 21.4. The minimum atomic E-state index is -3.63. The lowest BCUT2D eigenvalue weighted by atomic mass is 10.0. The molecule has 4 aromatic carbocycles. The Morgan fingerprint density at radius 1 is 0.667 bits per heavy atom. The lowest BCUT2D eigenvalue weighted by molar-refractivity contribution is 0.113. The third-order valence-corrected chi connectivity index (χ3v) is 14.2. The van der Waals surface area contributed by atoms with E-state index in [0.717, 1.165) is 69.2 Å². The quantitative estimate of drug-likeness (QED) is 0.207. The van der Waals surface area contributed by atoms with Crippen molar-refractivity contribution >= 4 is 29.8 Å². The molecular formula is C41H50N2O11S3. The average molecular weight is 843 g/mol. The van der Waals surface area contributed by atoms with Gasteiger partial charge in [-0.15, -0.1) is 0 Å². The highest BCUT2D eigenvalue weighted by Gasteiger charge is 2.29. The molecule has 4 aromatic rings. The molecule has 16 heteroatoms. The Morgan fingerprint density at radius 3 is 1.63 bits per heavy atom. The fraction of sp³-hybridized carbons (Fsp3) is 0.415. The number of sulfone groups is 2. The van der Waals surface area contributed by atoms with Gasteiger partial charge in [0.2, 0.25) is 19.7 Å². The lowest BCUT2D eigenvalue weighted by Gasteiger charge is -2.29. The van der Waals surface area contributed by atoms with E-state index in [4.69, 9.17) is 18.8 Å². The first-order valence-electron chi connectivity index (χ1n) is 19.0. The summed E-state index contributed by atoms with van der Waals surface area (Å²) in [5.74, 6) is 1.11. The number of hydrogen-bond donors (Lipinski definition) is 3. The summed E-state index contributed by atoms with van der Waals surface area (Å²) in [6.07, 6.45) is 5.06. The van der Waals surface area contributed by atoms with Gasteiger partial charge >= 0.3 is 0 Å². The Labute approximate surface area is 335 Å². The van der Waals surface area contributed by atoms with Crippen LogP contribution in [-0.4, -0.2) is 110 Å². The van der Waals surface area contributed by atoms with Crippen LogP contribution in [0.15, 0.2) is 117 Å². The Bertz CT molecular complexity index is 2290. The van der Waals surface area contributed by atoms with E-state index in [1.165, 1.54) is 6.07 Å². The van der Waals surface area contributed by atoms with Crippen LogP contribution in [-0.2, 0) is 46.8 Å². The number of nitrogens with one attached hydrogen (secondary N) is 1. The number of aliphatic hydroxyl groups is 2. The molecule has 4 aliphatic heterocycles. The third kappa shape index (κ3) is 11.6. The zero-order valence-corrected chi connectivity index (χ0v) is 34.2. The summed E-state index contributed by atoms with van der Waals surface area (Å²) >= 11 is 0. The monoisotopic (exact) mass is 842 g/mol. The van der Waals surface area contributed by atoms with Crippen molar-refractivity contribution in [3.05, 3.63) is 108 Å². The summed E-state index contributed by atoms with van der Waals surface area (Å²) < 4.78 is 89.9. The molecule has 2 saturated heterocycles. The number of rotatable bonds is 9. The van der Waals surface area contributed by atoms with E-state index in [-0.39, 0.29) is 39.6 Å². The number of aliphatic hydroxyl groups excluding tert-OH is 2. The average Bonchev–Trinajstić information content (AvgIpc) is 3.87. The standard InChI is InChI=1S/C20H23NO4S.C17H18O6S2.C4H9NO/c22-16-10-11-21(13-16)14-17-8-6-15-7-9-19(12-20(15)25-17)26(23,24)18-4-2-1-3-5-18;1-24(18,19)22-12-14-9-7-13-8-10-16(11-17(13)23-14)25(20,21)15-5-3-2-4-6-15;6-4-1-2-5-3-4/h1-5,7,9,12,16-17,22H,6,8,10-11,13-14H2;2-6,8,10-11,14H,7,9,12H2,1H3;4-6H,1-3H2/t16-,17-;14-;4-/m111/s1. The molecule has 0 radical (unpaired) electrons. The van der Waals surface area contributed by atoms with Crippen LogP contribution < -0.4 is 14.8 Å². The van der Waals surface area contributed by atoms with Crippen LogP contribution in [0.25, 0.3) is 0 Å². The van der Waals surface area contributed by atoms with Crippen molar-refractivity contribution in [2.45, 2.75) is 82.5 Å². The Kier molecular flexibility index (Phi) is 14.1. The minimum absolute atomic E-state index is 0.0301. The molecule has 0 aliphatic carbocycles. The first-order valence-corrected chi connectivity index (χ1v) is 23.8. The number of likely N-dealkylation sites (tertiary alicyclic amines) is 1. The van der Waals surface area contributed by atoms with Gasteiger partial charge in [-0.2, -0.15) is 8.42 Å². The number of nitrogens with zero attached hydrogens (tertiary/aromatic N) is 1. The van der Waals surface area contributed by atoms with E-state index in [2.05, 4.69) is 10.2 Å². The second-order valence-electron chi connectivity index (χ2n) is 14.6. The molecule has 0 bridgehead atoms. The highest BCUT2D eigenvalue weighted by Crippen LogP contribution is 2.34. The maximum absolute atomic E-state index is 12.8. The molecule has 308 valence electrons. The summed E-state index contributed by atoms with van der Waals surface area (Å²) in [4.78, 5) is 3.12. The van der Waals surface area contributed by atoms with Crippen molar-refractivity contribution in [3.63, 3.8) is 0 Å². The van der Waals surface area contributed by atoms with Gasteiger partial charge in [-0.1, -0.05) is 48.5 Å². The first-order chi connectivity index (χ1) is 27.2. The number of ether oxygens (including phenoxy) is 2. The molecule has 8 rings (SSSR count). The lowest BCUT2D eigenvalue weighted by Crippen LogP contribution is -2.36. The molecule has 0 spiro atoms. The minimum Gasteiger partial charge on any atom is -0.489 e. The van der Waals surface area contributed by atoms with E-state index in [1.54, 1.807) is 84.9 Å². The van der Waals surface area contributed by atoms with Gasteiger partial charge in [0.15, 0.2) is 0 Å². The van der Waals surface area contributed by atoms with Crippen molar-refractivity contribution in [1.82, 2.24) is 10.2 Å². The molecule has 0 saturated carbocycles. The maximum Gasteiger partial charge on any atom is 0.264 e. The number of fused-ring (bicyclic) bond motifs is 2. The molecular weight excluding hydrogens is 793 g/mol. The highest BCUT2D eigenvalue weighted by atomic mass is 32.2. The fourth-order valence-corrected chi connectivity index (χ4v) is 9.96. The van der Waals surface area contributed by atoms with Gasteiger partial charge in [0, 0.05) is 26.2 Å². The number of benzene rings is 4. The predicted octanol–water partition coefficient (Wildman–Crippen LogP) is 3.81. The van der Waals surface area contributed by atoms with Crippen LogP contribution in [0.1, 0.15) is 36.8 Å². The van der Waals surface area contributed by atoms with Gasteiger partial charge < -0.3 is 25.0 Å². The first kappa shape index (κ1) is 42.7. The number of β-amino-alcohol motifs (C(OH)–C–C–N with tert-alkyl or cyclic N) is 2. The van der Waals surface area contributed by atoms with Crippen LogP contribution in [0.5, 0.6) is 11.5 Å². The van der Waals surface area contributed by atoms with Crippen LogP contribution in [0.3, 0.4) is 0 Å². The SMILES string of the molecule is CS(=O)(=O)OC[C@H]1CCc2ccc(S(=O)(=O)c3ccccc3)cc2O1.O=S(=O)(c1ccccc1)c1ccc2c(c1)O[C@@H](CN1CC[C@@H](O)C1)CC2.O[C@@H]1CCNC1.